The Hall–Kier alpha value is -2.26. The zero-order valence-electron chi connectivity index (χ0n) is 11.3. The van der Waals surface area contributed by atoms with Crippen molar-refractivity contribution in [2.75, 3.05) is 5.73 Å². The van der Waals surface area contributed by atoms with Crippen molar-refractivity contribution in [2.45, 2.75) is 0 Å². The van der Waals surface area contributed by atoms with Gasteiger partial charge in [0.05, 0.1) is 4.47 Å². The van der Waals surface area contributed by atoms with Gasteiger partial charge in [-0.2, -0.15) is 0 Å². The van der Waals surface area contributed by atoms with Crippen molar-refractivity contribution in [2.24, 2.45) is 0 Å². The minimum Gasteiger partial charge on any atom is -0.456 e. The third-order valence-electron chi connectivity index (χ3n) is 3.15. The first-order valence-electron chi connectivity index (χ1n) is 6.61. The molecular weight excluding hydrogens is 326 g/mol. The summed E-state index contributed by atoms with van der Waals surface area (Å²) in [5.74, 6) is 1.56. The number of nitrogen functional groups attached to an aromatic ring is 1. The van der Waals surface area contributed by atoms with Gasteiger partial charge in [0.1, 0.15) is 11.5 Å². The molecule has 2 nitrogen and oxygen atoms in total. The second kappa shape index (κ2) is 6.02. The van der Waals surface area contributed by atoms with Crippen molar-refractivity contribution in [3.05, 3.63) is 77.3 Å². The van der Waals surface area contributed by atoms with Crippen LogP contribution in [0.1, 0.15) is 0 Å². The van der Waals surface area contributed by atoms with Gasteiger partial charge in [-0.1, -0.05) is 48.5 Å². The van der Waals surface area contributed by atoms with Crippen LogP contribution in [0.25, 0.3) is 11.1 Å². The average Bonchev–Trinajstić information content (AvgIpc) is 2.51. The van der Waals surface area contributed by atoms with Gasteiger partial charge in [-0.15, -0.1) is 0 Å². The van der Waals surface area contributed by atoms with Gasteiger partial charge >= 0.3 is 0 Å². The quantitative estimate of drug-likeness (QED) is 0.640. The van der Waals surface area contributed by atoms with Crippen molar-refractivity contribution in [3.8, 4) is 22.6 Å². The summed E-state index contributed by atoms with van der Waals surface area (Å²) >= 11 is 3.48. The summed E-state index contributed by atoms with van der Waals surface area (Å²) in [4.78, 5) is 0. The Labute approximate surface area is 132 Å². The molecule has 0 unspecified atom stereocenters. The highest BCUT2D eigenvalue weighted by Gasteiger charge is 2.08. The minimum atomic E-state index is 0.700. The van der Waals surface area contributed by atoms with Crippen LogP contribution in [-0.2, 0) is 0 Å². The number of para-hydroxylation sites is 1. The Balaban J connectivity index is 2.00. The summed E-state index contributed by atoms with van der Waals surface area (Å²) in [5, 5.41) is 0. The lowest BCUT2D eigenvalue weighted by Crippen LogP contribution is -1.90. The van der Waals surface area contributed by atoms with Crippen LogP contribution in [0.4, 0.5) is 5.69 Å². The van der Waals surface area contributed by atoms with Crippen molar-refractivity contribution < 1.29 is 4.74 Å². The molecule has 0 aliphatic carbocycles. The lowest BCUT2D eigenvalue weighted by atomic mass is 10.1. The van der Waals surface area contributed by atoms with E-state index in [0.717, 1.165) is 27.1 Å². The zero-order chi connectivity index (χ0) is 14.7. The molecule has 0 fully saturated rings. The fourth-order valence-electron chi connectivity index (χ4n) is 2.13. The van der Waals surface area contributed by atoms with E-state index in [-0.39, 0.29) is 0 Å². The molecule has 0 bridgehead atoms. The molecule has 3 aromatic carbocycles. The van der Waals surface area contributed by atoms with Gasteiger partial charge in [0.2, 0.25) is 0 Å². The third kappa shape index (κ3) is 3.09. The molecule has 2 N–H and O–H groups in total. The normalized spacial score (nSPS) is 10.3. The van der Waals surface area contributed by atoms with Crippen LogP contribution in [0.3, 0.4) is 0 Å². The van der Waals surface area contributed by atoms with Gasteiger partial charge in [0.15, 0.2) is 0 Å². The molecular formula is C18H14BrNO. The van der Waals surface area contributed by atoms with Gasteiger partial charge in [0.25, 0.3) is 0 Å². The topological polar surface area (TPSA) is 35.2 Å². The van der Waals surface area contributed by atoms with Crippen LogP contribution in [0.5, 0.6) is 11.5 Å². The maximum absolute atomic E-state index is 6.05. The Bertz CT molecular complexity index is 756. The molecule has 0 aliphatic rings. The van der Waals surface area contributed by atoms with E-state index >= 15 is 0 Å². The highest BCUT2D eigenvalue weighted by atomic mass is 79.9. The van der Waals surface area contributed by atoms with Crippen molar-refractivity contribution in [3.63, 3.8) is 0 Å². The largest absolute Gasteiger partial charge is 0.456 e. The number of anilines is 1. The SMILES string of the molecule is Nc1ccc(Oc2ccccc2-c2ccccc2)c(Br)c1. The molecule has 0 saturated carbocycles. The molecule has 0 atom stereocenters. The Morgan fingerprint density at radius 2 is 1.48 bits per heavy atom. The molecule has 0 aromatic heterocycles. The van der Waals surface area contributed by atoms with Crippen molar-refractivity contribution in [1.29, 1.82) is 0 Å². The van der Waals surface area contributed by atoms with Gasteiger partial charge in [-0.25, -0.2) is 0 Å². The molecule has 3 heteroatoms. The van der Waals surface area contributed by atoms with Gasteiger partial charge < -0.3 is 10.5 Å². The van der Waals surface area contributed by atoms with E-state index in [4.69, 9.17) is 10.5 Å². The highest BCUT2D eigenvalue weighted by Crippen LogP contribution is 2.36. The zero-order valence-corrected chi connectivity index (χ0v) is 12.9. The Morgan fingerprint density at radius 1 is 0.762 bits per heavy atom. The minimum absolute atomic E-state index is 0.700. The second-order valence-corrected chi connectivity index (χ2v) is 5.51. The summed E-state index contributed by atoms with van der Waals surface area (Å²) in [7, 11) is 0. The predicted octanol–water partition coefficient (Wildman–Crippen LogP) is 5.49. The van der Waals surface area contributed by atoms with Gasteiger partial charge in [0, 0.05) is 11.3 Å². The number of halogens is 1. The van der Waals surface area contributed by atoms with Crippen molar-refractivity contribution in [1.82, 2.24) is 0 Å². The molecule has 3 aromatic rings. The fraction of sp³-hybridized carbons (Fsp3) is 0. The van der Waals surface area contributed by atoms with Crippen LogP contribution >= 0.6 is 15.9 Å². The summed E-state index contributed by atoms with van der Waals surface area (Å²) in [6.07, 6.45) is 0. The Kier molecular flexibility index (Phi) is 3.93. The van der Waals surface area contributed by atoms with Gasteiger partial charge in [-0.3, -0.25) is 0 Å². The summed E-state index contributed by atoms with van der Waals surface area (Å²) in [6, 6.07) is 23.7. The predicted molar refractivity (Wildman–Crippen MR) is 90.5 cm³/mol. The molecule has 0 spiro atoms. The molecule has 21 heavy (non-hydrogen) atoms. The fourth-order valence-corrected chi connectivity index (χ4v) is 2.61. The Morgan fingerprint density at radius 3 is 2.24 bits per heavy atom. The maximum atomic E-state index is 6.05. The van der Waals surface area contributed by atoms with E-state index in [0.29, 0.717) is 5.69 Å². The number of rotatable bonds is 3. The van der Waals surface area contributed by atoms with Crippen LogP contribution < -0.4 is 10.5 Å². The molecule has 0 saturated heterocycles. The molecule has 3 rings (SSSR count). The smallest absolute Gasteiger partial charge is 0.141 e. The van der Waals surface area contributed by atoms with E-state index in [1.807, 2.05) is 54.6 Å². The van der Waals surface area contributed by atoms with Crippen LogP contribution in [0, 0.1) is 0 Å². The monoisotopic (exact) mass is 339 g/mol. The van der Waals surface area contributed by atoms with E-state index < -0.39 is 0 Å². The number of nitrogens with two attached hydrogens (primary N) is 1. The molecule has 0 radical (unpaired) electrons. The second-order valence-electron chi connectivity index (χ2n) is 4.65. The lowest BCUT2D eigenvalue weighted by molar-refractivity contribution is 0.481. The summed E-state index contributed by atoms with van der Waals surface area (Å²) < 4.78 is 6.89. The van der Waals surface area contributed by atoms with E-state index in [9.17, 15) is 0 Å². The van der Waals surface area contributed by atoms with Crippen LogP contribution in [-0.4, -0.2) is 0 Å². The average molecular weight is 340 g/mol. The number of hydrogen-bond donors (Lipinski definition) is 1. The molecule has 104 valence electrons. The molecule has 0 heterocycles. The van der Waals surface area contributed by atoms with E-state index in [2.05, 4.69) is 34.1 Å². The van der Waals surface area contributed by atoms with E-state index in [1.54, 1.807) is 0 Å². The summed E-state index contributed by atoms with van der Waals surface area (Å²) in [6.45, 7) is 0. The number of hydrogen-bond acceptors (Lipinski definition) is 2. The number of benzene rings is 3. The first-order chi connectivity index (χ1) is 10.2. The standard InChI is InChI=1S/C18H14BrNO/c19-16-12-14(20)10-11-18(16)21-17-9-5-4-8-15(17)13-6-2-1-3-7-13/h1-12H,20H2. The highest BCUT2D eigenvalue weighted by molar-refractivity contribution is 9.10. The maximum Gasteiger partial charge on any atom is 0.141 e. The first kappa shape index (κ1) is 13.7. The molecule has 0 amide bonds. The first-order valence-corrected chi connectivity index (χ1v) is 7.40. The summed E-state index contributed by atoms with van der Waals surface area (Å²) in [5.41, 5.74) is 8.64. The third-order valence-corrected chi connectivity index (χ3v) is 3.77. The van der Waals surface area contributed by atoms with Crippen LogP contribution in [0.2, 0.25) is 0 Å². The van der Waals surface area contributed by atoms with Gasteiger partial charge in [-0.05, 0) is 45.8 Å². The van der Waals surface area contributed by atoms with Crippen molar-refractivity contribution >= 4 is 21.6 Å². The molecule has 0 aliphatic heterocycles. The van der Waals surface area contributed by atoms with E-state index in [1.165, 1.54) is 0 Å². The van der Waals surface area contributed by atoms with Crippen LogP contribution in [0.15, 0.2) is 77.3 Å². The number of ether oxygens (including phenoxy) is 1. The lowest BCUT2D eigenvalue weighted by Gasteiger charge is -2.12.